The highest BCUT2D eigenvalue weighted by molar-refractivity contribution is 5.43. The highest BCUT2D eigenvalue weighted by Crippen LogP contribution is 2.38. The van der Waals surface area contributed by atoms with Gasteiger partial charge in [0.1, 0.15) is 0 Å². The molecular weight excluding hydrogens is 210 g/mol. The SMILES string of the molecule is C1=CCC(c2ccoc2)(c2ccccn2)C=C1. The van der Waals surface area contributed by atoms with Crippen molar-refractivity contribution in [2.24, 2.45) is 0 Å². The number of pyridine rings is 1. The number of aromatic nitrogens is 1. The van der Waals surface area contributed by atoms with E-state index in [-0.39, 0.29) is 5.41 Å². The predicted octanol–water partition coefficient (Wildman–Crippen LogP) is 3.48. The maximum Gasteiger partial charge on any atom is 0.0947 e. The molecule has 0 aromatic carbocycles. The topological polar surface area (TPSA) is 26.0 Å². The van der Waals surface area contributed by atoms with E-state index in [2.05, 4.69) is 35.4 Å². The molecule has 0 aliphatic heterocycles. The monoisotopic (exact) mass is 223 g/mol. The zero-order chi connectivity index (χ0) is 11.6. The van der Waals surface area contributed by atoms with Crippen LogP contribution in [0.4, 0.5) is 0 Å². The molecule has 3 rings (SSSR count). The van der Waals surface area contributed by atoms with Crippen molar-refractivity contribution in [3.63, 3.8) is 0 Å². The molecule has 1 atom stereocenters. The summed E-state index contributed by atoms with van der Waals surface area (Å²) in [6, 6.07) is 8.04. The minimum atomic E-state index is -0.178. The van der Waals surface area contributed by atoms with Crippen molar-refractivity contribution in [2.45, 2.75) is 11.8 Å². The van der Waals surface area contributed by atoms with Crippen LogP contribution in [0.3, 0.4) is 0 Å². The van der Waals surface area contributed by atoms with Crippen molar-refractivity contribution >= 4 is 0 Å². The molecule has 2 heterocycles. The van der Waals surface area contributed by atoms with Crippen LogP contribution in [-0.4, -0.2) is 4.98 Å². The van der Waals surface area contributed by atoms with Gasteiger partial charge < -0.3 is 4.42 Å². The summed E-state index contributed by atoms with van der Waals surface area (Å²) in [5, 5.41) is 0. The van der Waals surface area contributed by atoms with Gasteiger partial charge in [-0.2, -0.15) is 0 Å². The lowest BCUT2D eigenvalue weighted by atomic mass is 9.74. The van der Waals surface area contributed by atoms with Crippen molar-refractivity contribution in [2.75, 3.05) is 0 Å². The summed E-state index contributed by atoms with van der Waals surface area (Å²) in [6.45, 7) is 0. The number of nitrogens with zero attached hydrogens (tertiary/aromatic N) is 1. The molecule has 2 aromatic heterocycles. The Balaban J connectivity index is 2.16. The highest BCUT2D eigenvalue weighted by Gasteiger charge is 2.33. The second-order valence-corrected chi connectivity index (χ2v) is 4.19. The summed E-state index contributed by atoms with van der Waals surface area (Å²) in [5.74, 6) is 0. The van der Waals surface area contributed by atoms with E-state index in [9.17, 15) is 0 Å². The molecular formula is C15H13NO. The zero-order valence-electron chi connectivity index (χ0n) is 9.41. The molecule has 0 amide bonds. The van der Waals surface area contributed by atoms with E-state index in [0.29, 0.717) is 0 Å². The van der Waals surface area contributed by atoms with E-state index < -0.39 is 0 Å². The van der Waals surface area contributed by atoms with Gasteiger partial charge in [0.15, 0.2) is 0 Å². The van der Waals surface area contributed by atoms with Gasteiger partial charge in [-0.15, -0.1) is 0 Å². The van der Waals surface area contributed by atoms with Crippen molar-refractivity contribution in [1.82, 2.24) is 4.98 Å². The van der Waals surface area contributed by atoms with Crippen LogP contribution >= 0.6 is 0 Å². The van der Waals surface area contributed by atoms with E-state index in [1.807, 2.05) is 24.4 Å². The molecule has 0 fully saturated rings. The molecule has 17 heavy (non-hydrogen) atoms. The normalized spacial score (nSPS) is 22.8. The minimum absolute atomic E-state index is 0.178. The molecule has 1 unspecified atom stereocenters. The van der Waals surface area contributed by atoms with Gasteiger partial charge in [0.05, 0.1) is 23.6 Å². The Morgan fingerprint density at radius 3 is 2.82 bits per heavy atom. The second-order valence-electron chi connectivity index (χ2n) is 4.19. The molecule has 84 valence electrons. The first-order valence-electron chi connectivity index (χ1n) is 5.70. The summed E-state index contributed by atoms with van der Waals surface area (Å²) in [5.41, 5.74) is 2.03. The highest BCUT2D eigenvalue weighted by atomic mass is 16.3. The summed E-state index contributed by atoms with van der Waals surface area (Å²) >= 11 is 0. The third-order valence-corrected chi connectivity index (χ3v) is 3.23. The fourth-order valence-electron chi connectivity index (χ4n) is 2.32. The van der Waals surface area contributed by atoms with E-state index in [1.165, 1.54) is 0 Å². The third kappa shape index (κ3) is 1.62. The van der Waals surface area contributed by atoms with Crippen LogP contribution in [0.25, 0.3) is 0 Å². The van der Waals surface area contributed by atoms with Crippen LogP contribution in [0.2, 0.25) is 0 Å². The first-order chi connectivity index (χ1) is 8.42. The zero-order valence-corrected chi connectivity index (χ0v) is 9.41. The van der Waals surface area contributed by atoms with Gasteiger partial charge >= 0.3 is 0 Å². The Hall–Kier alpha value is -2.09. The second kappa shape index (κ2) is 4.06. The predicted molar refractivity (Wildman–Crippen MR) is 66.6 cm³/mol. The number of hydrogen-bond acceptors (Lipinski definition) is 2. The van der Waals surface area contributed by atoms with Crippen LogP contribution in [0.5, 0.6) is 0 Å². The maximum atomic E-state index is 5.23. The summed E-state index contributed by atoms with van der Waals surface area (Å²) in [7, 11) is 0. The van der Waals surface area contributed by atoms with Crippen LogP contribution in [0.1, 0.15) is 17.7 Å². The van der Waals surface area contributed by atoms with E-state index >= 15 is 0 Å². The van der Waals surface area contributed by atoms with E-state index in [0.717, 1.165) is 17.7 Å². The molecule has 0 spiro atoms. The molecule has 2 nitrogen and oxygen atoms in total. The molecule has 2 heteroatoms. The molecule has 1 aliphatic rings. The first-order valence-corrected chi connectivity index (χ1v) is 5.70. The van der Waals surface area contributed by atoms with Gasteiger partial charge in [-0.1, -0.05) is 30.4 Å². The molecule has 0 saturated carbocycles. The quantitative estimate of drug-likeness (QED) is 0.779. The number of furan rings is 1. The van der Waals surface area contributed by atoms with Crippen molar-refractivity contribution < 1.29 is 4.42 Å². The molecule has 0 radical (unpaired) electrons. The average molecular weight is 223 g/mol. The van der Waals surface area contributed by atoms with Crippen molar-refractivity contribution in [3.05, 3.63) is 78.6 Å². The van der Waals surface area contributed by atoms with E-state index in [4.69, 9.17) is 4.42 Å². The Labute approximate surface area is 100 Å². The first kappa shape index (κ1) is 10.1. The molecule has 1 aliphatic carbocycles. The van der Waals surface area contributed by atoms with Crippen molar-refractivity contribution in [1.29, 1.82) is 0 Å². The summed E-state index contributed by atoms with van der Waals surface area (Å²) in [4.78, 5) is 4.50. The Morgan fingerprint density at radius 1 is 1.18 bits per heavy atom. The molecule has 2 aromatic rings. The van der Waals surface area contributed by atoms with Gasteiger partial charge in [0, 0.05) is 11.8 Å². The lowest BCUT2D eigenvalue weighted by Crippen LogP contribution is -2.26. The number of allylic oxidation sites excluding steroid dienone is 4. The van der Waals surface area contributed by atoms with E-state index in [1.54, 1.807) is 12.5 Å². The van der Waals surface area contributed by atoms with Gasteiger partial charge in [-0.25, -0.2) is 0 Å². The minimum Gasteiger partial charge on any atom is -0.472 e. The molecule has 0 saturated heterocycles. The standard InChI is InChI=1S/C15H13NO/c1-3-8-15(9-4-1,13-7-11-17-12-13)14-6-2-5-10-16-14/h1-8,10-12H,9H2. The van der Waals surface area contributed by atoms with Crippen LogP contribution in [0.15, 0.2) is 71.7 Å². The smallest absolute Gasteiger partial charge is 0.0947 e. The lowest BCUT2D eigenvalue weighted by Gasteiger charge is -2.29. The average Bonchev–Trinajstić information content (AvgIpc) is 2.95. The number of rotatable bonds is 2. The fraction of sp³-hybridized carbons (Fsp3) is 0.133. The summed E-state index contributed by atoms with van der Waals surface area (Å²) in [6.07, 6.45) is 14.8. The fourth-order valence-corrected chi connectivity index (χ4v) is 2.32. The van der Waals surface area contributed by atoms with Gasteiger partial charge in [0.2, 0.25) is 0 Å². The van der Waals surface area contributed by atoms with Gasteiger partial charge in [0.25, 0.3) is 0 Å². The molecule has 0 N–H and O–H groups in total. The summed E-state index contributed by atoms with van der Waals surface area (Å²) < 4.78 is 5.23. The third-order valence-electron chi connectivity index (χ3n) is 3.23. The van der Waals surface area contributed by atoms with Gasteiger partial charge in [-0.3, -0.25) is 4.98 Å². The van der Waals surface area contributed by atoms with Crippen LogP contribution < -0.4 is 0 Å². The Morgan fingerprint density at radius 2 is 2.18 bits per heavy atom. The van der Waals surface area contributed by atoms with Crippen LogP contribution in [0, 0.1) is 0 Å². The molecule has 0 bridgehead atoms. The maximum absolute atomic E-state index is 5.23. The van der Waals surface area contributed by atoms with Crippen LogP contribution in [-0.2, 0) is 5.41 Å². The van der Waals surface area contributed by atoms with Gasteiger partial charge in [-0.05, 0) is 24.6 Å². The lowest BCUT2D eigenvalue weighted by molar-refractivity contribution is 0.547. The Kier molecular flexibility index (Phi) is 2.41. The Bertz CT molecular complexity index is 540. The largest absolute Gasteiger partial charge is 0.472 e. The number of hydrogen-bond donors (Lipinski definition) is 0. The van der Waals surface area contributed by atoms with Crippen molar-refractivity contribution in [3.8, 4) is 0 Å².